The number of aliphatic hydroxyl groups is 1. The van der Waals surface area contributed by atoms with Crippen LogP contribution in [0.15, 0.2) is 0 Å². The molecule has 1 aliphatic carbocycles. The summed E-state index contributed by atoms with van der Waals surface area (Å²) in [5.74, 6) is 0.782. The van der Waals surface area contributed by atoms with Gasteiger partial charge in [-0.05, 0) is 44.1 Å². The van der Waals surface area contributed by atoms with Gasteiger partial charge in [0, 0.05) is 25.7 Å². The van der Waals surface area contributed by atoms with Crippen LogP contribution in [0.5, 0.6) is 0 Å². The fraction of sp³-hybridized carbons (Fsp3) is 1.00. The van der Waals surface area contributed by atoms with Crippen molar-refractivity contribution < 1.29 is 9.84 Å². The molecule has 2 fully saturated rings. The van der Waals surface area contributed by atoms with Gasteiger partial charge in [-0.25, -0.2) is 0 Å². The van der Waals surface area contributed by atoms with E-state index in [1.165, 1.54) is 19.4 Å². The highest BCUT2D eigenvalue weighted by Crippen LogP contribution is 2.41. The zero-order valence-electron chi connectivity index (χ0n) is 13.4. The number of nitrogens with zero attached hydrogens (tertiary/aromatic N) is 1. The lowest BCUT2D eigenvalue weighted by Gasteiger charge is -2.36. The van der Waals surface area contributed by atoms with Crippen molar-refractivity contribution in [2.75, 3.05) is 39.9 Å². The Hall–Kier alpha value is -0.160. The van der Waals surface area contributed by atoms with E-state index in [-0.39, 0.29) is 6.61 Å². The van der Waals surface area contributed by atoms with Gasteiger partial charge in [-0.2, -0.15) is 0 Å². The van der Waals surface area contributed by atoms with E-state index in [0.29, 0.717) is 24.2 Å². The number of likely N-dealkylation sites (tertiary alicyclic amines) is 1. The number of nitrogens with one attached hydrogen (secondary N) is 1. The molecule has 0 spiro atoms. The summed E-state index contributed by atoms with van der Waals surface area (Å²) in [6, 6.07) is 0.644. The Morgan fingerprint density at radius 3 is 2.55 bits per heavy atom. The first kappa shape index (κ1) is 16.2. The Morgan fingerprint density at radius 1 is 1.25 bits per heavy atom. The highest BCUT2D eigenvalue weighted by atomic mass is 16.5. The number of hydrogen-bond donors (Lipinski definition) is 2. The highest BCUT2D eigenvalue weighted by molar-refractivity contribution is 4.96. The predicted octanol–water partition coefficient (Wildman–Crippen LogP) is 1.48. The van der Waals surface area contributed by atoms with Gasteiger partial charge in [0.15, 0.2) is 0 Å². The van der Waals surface area contributed by atoms with Gasteiger partial charge in [-0.1, -0.05) is 13.8 Å². The van der Waals surface area contributed by atoms with Crippen molar-refractivity contribution in [1.29, 1.82) is 0 Å². The first-order valence-electron chi connectivity index (χ1n) is 8.19. The van der Waals surface area contributed by atoms with E-state index in [4.69, 9.17) is 9.84 Å². The Balaban J connectivity index is 1.75. The normalized spacial score (nSPS) is 31.8. The third kappa shape index (κ3) is 3.94. The molecule has 2 unspecified atom stereocenters. The molecule has 118 valence electrons. The van der Waals surface area contributed by atoms with Crippen LogP contribution in [-0.2, 0) is 4.74 Å². The van der Waals surface area contributed by atoms with Gasteiger partial charge >= 0.3 is 0 Å². The number of ether oxygens (including phenoxy) is 1. The molecule has 2 N–H and O–H groups in total. The number of aliphatic hydroxyl groups excluding tert-OH is 1. The summed E-state index contributed by atoms with van der Waals surface area (Å²) < 4.78 is 5.64. The zero-order chi connectivity index (χ0) is 14.6. The van der Waals surface area contributed by atoms with Gasteiger partial charge in [0.1, 0.15) is 0 Å². The maximum atomic E-state index is 8.80. The maximum Gasteiger partial charge on any atom is 0.0701 e. The fourth-order valence-corrected chi connectivity index (χ4v) is 4.15. The van der Waals surface area contributed by atoms with Crippen molar-refractivity contribution in [2.45, 2.75) is 51.7 Å². The smallest absolute Gasteiger partial charge is 0.0701 e. The largest absolute Gasteiger partial charge is 0.394 e. The monoisotopic (exact) mass is 284 g/mol. The fourth-order valence-electron chi connectivity index (χ4n) is 4.15. The zero-order valence-corrected chi connectivity index (χ0v) is 13.4. The van der Waals surface area contributed by atoms with Crippen molar-refractivity contribution in [2.24, 2.45) is 11.3 Å². The second-order valence-electron chi connectivity index (χ2n) is 7.15. The summed E-state index contributed by atoms with van der Waals surface area (Å²) >= 11 is 0. The van der Waals surface area contributed by atoms with Crippen LogP contribution in [0.4, 0.5) is 0 Å². The van der Waals surface area contributed by atoms with Gasteiger partial charge in [0.25, 0.3) is 0 Å². The van der Waals surface area contributed by atoms with E-state index in [2.05, 4.69) is 31.1 Å². The SMILES string of the molecule is CNC1C(CN2CCC(OCCO)CC2)CCC1(C)C. The molecule has 4 heteroatoms. The molecule has 0 aromatic rings. The van der Waals surface area contributed by atoms with Gasteiger partial charge in [0.05, 0.1) is 19.3 Å². The molecule has 20 heavy (non-hydrogen) atoms. The number of piperidine rings is 1. The van der Waals surface area contributed by atoms with Gasteiger partial charge in [0.2, 0.25) is 0 Å². The molecular weight excluding hydrogens is 252 g/mol. The van der Waals surface area contributed by atoms with Crippen molar-refractivity contribution in [3.63, 3.8) is 0 Å². The lowest BCUT2D eigenvalue weighted by molar-refractivity contribution is -0.0107. The predicted molar refractivity (Wildman–Crippen MR) is 81.9 cm³/mol. The van der Waals surface area contributed by atoms with Crippen LogP contribution < -0.4 is 5.32 Å². The summed E-state index contributed by atoms with van der Waals surface area (Å²) in [6.07, 6.45) is 5.26. The third-order valence-electron chi connectivity index (χ3n) is 5.26. The molecular formula is C16H32N2O2. The number of hydrogen-bond acceptors (Lipinski definition) is 4. The summed E-state index contributed by atoms with van der Waals surface area (Å²) in [4.78, 5) is 2.61. The van der Waals surface area contributed by atoms with Crippen molar-refractivity contribution in [3.05, 3.63) is 0 Å². The molecule has 0 amide bonds. The molecule has 2 rings (SSSR count). The van der Waals surface area contributed by atoms with E-state index in [1.807, 2.05) is 0 Å². The van der Waals surface area contributed by atoms with Crippen molar-refractivity contribution >= 4 is 0 Å². The minimum absolute atomic E-state index is 0.140. The average molecular weight is 284 g/mol. The first-order valence-corrected chi connectivity index (χ1v) is 8.19. The quantitative estimate of drug-likeness (QED) is 0.775. The van der Waals surface area contributed by atoms with Gasteiger partial charge in [-0.3, -0.25) is 0 Å². The summed E-state index contributed by atoms with van der Waals surface area (Å²) in [7, 11) is 2.11. The molecule has 2 aliphatic rings. The Labute approximate surface area is 123 Å². The molecule has 1 saturated carbocycles. The second-order valence-corrected chi connectivity index (χ2v) is 7.15. The minimum Gasteiger partial charge on any atom is -0.394 e. The lowest BCUT2D eigenvalue weighted by Crippen LogP contribution is -2.46. The summed E-state index contributed by atoms with van der Waals surface area (Å²) in [6.45, 7) is 8.92. The Kier molecular flexibility index (Phi) is 5.84. The van der Waals surface area contributed by atoms with E-state index >= 15 is 0 Å². The first-order chi connectivity index (χ1) is 9.56. The van der Waals surface area contributed by atoms with Crippen molar-refractivity contribution in [1.82, 2.24) is 10.2 Å². The molecule has 1 heterocycles. The standard InChI is InChI=1S/C16H32N2O2/c1-16(2)7-4-13(15(16)17-3)12-18-8-5-14(6-9-18)20-11-10-19/h13-15,17,19H,4-12H2,1-3H3. The lowest BCUT2D eigenvalue weighted by atomic mass is 9.84. The van der Waals surface area contributed by atoms with Crippen LogP contribution in [0, 0.1) is 11.3 Å². The van der Waals surface area contributed by atoms with Gasteiger partial charge < -0.3 is 20.1 Å². The summed E-state index contributed by atoms with van der Waals surface area (Å²) in [5, 5.41) is 12.4. The van der Waals surface area contributed by atoms with Crippen molar-refractivity contribution in [3.8, 4) is 0 Å². The molecule has 1 saturated heterocycles. The molecule has 0 aromatic carbocycles. The minimum atomic E-state index is 0.140. The average Bonchev–Trinajstić information content (AvgIpc) is 2.72. The topological polar surface area (TPSA) is 44.7 Å². The van der Waals surface area contributed by atoms with Crippen LogP contribution in [0.25, 0.3) is 0 Å². The molecule has 1 aliphatic heterocycles. The van der Waals surface area contributed by atoms with E-state index < -0.39 is 0 Å². The van der Waals surface area contributed by atoms with Crippen LogP contribution >= 0.6 is 0 Å². The Morgan fingerprint density at radius 2 is 1.95 bits per heavy atom. The van der Waals surface area contributed by atoms with Crippen LogP contribution in [0.3, 0.4) is 0 Å². The second kappa shape index (κ2) is 7.21. The van der Waals surface area contributed by atoms with E-state index in [9.17, 15) is 0 Å². The van der Waals surface area contributed by atoms with E-state index in [0.717, 1.165) is 31.8 Å². The molecule has 0 aromatic heterocycles. The molecule has 4 nitrogen and oxygen atoms in total. The van der Waals surface area contributed by atoms with Crippen LogP contribution in [-0.4, -0.2) is 62.0 Å². The maximum absolute atomic E-state index is 8.80. The van der Waals surface area contributed by atoms with Gasteiger partial charge in [-0.15, -0.1) is 0 Å². The molecule has 2 atom stereocenters. The Bertz CT molecular complexity index is 288. The number of rotatable bonds is 6. The summed E-state index contributed by atoms with van der Waals surface area (Å²) in [5.41, 5.74) is 0.433. The van der Waals surface area contributed by atoms with Crippen LogP contribution in [0.1, 0.15) is 39.5 Å². The molecule has 0 bridgehead atoms. The van der Waals surface area contributed by atoms with E-state index in [1.54, 1.807) is 0 Å². The highest BCUT2D eigenvalue weighted by Gasteiger charge is 2.41. The molecule has 0 radical (unpaired) electrons. The third-order valence-corrected chi connectivity index (χ3v) is 5.26. The van der Waals surface area contributed by atoms with Crippen LogP contribution in [0.2, 0.25) is 0 Å².